The first kappa shape index (κ1) is 19.8. The maximum atomic E-state index is 12.4. The average molecular weight is 355 g/mol. The minimum absolute atomic E-state index is 0.0286. The third-order valence-electron chi connectivity index (χ3n) is 4.25. The van der Waals surface area contributed by atoms with Gasteiger partial charge in [-0.25, -0.2) is 0 Å². The van der Waals surface area contributed by atoms with E-state index in [1.807, 2.05) is 51.1 Å². The van der Waals surface area contributed by atoms with Gasteiger partial charge in [0.15, 0.2) is 11.5 Å². The number of nitrogens with one attached hydrogen (secondary N) is 1. The summed E-state index contributed by atoms with van der Waals surface area (Å²) in [5, 5.41) is 3.08. The standard InChI is InChI=1S/C22H29NO3/c1-5-18-10-8-9-16(4)22(18)23-21(24)14-12-17-11-13-19(25-6-2)20(15-17)26-7-3/h8-11,13,15H,5-7,12,14H2,1-4H3,(H,23,24). The number of hydrogen-bond donors (Lipinski definition) is 1. The molecule has 0 aliphatic rings. The van der Waals surface area contributed by atoms with Crippen molar-refractivity contribution < 1.29 is 14.3 Å². The van der Waals surface area contributed by atoms with Crippen molar-refractivity contribution in [2.75, 3.05) is 18.5 Å². The molecular weight excluding hydrogens is 326 g/mol. The van der Waals surface area contributed by atoms with Crippen molar-refractivity contribution in [3.63, 3.8) is 0 Å². The lowest BCUT2D eigenvalue weighted by molar-refractivity contribution is -0.116. The fourth-order valence-corrected chi connectivity index (χ4v) is 2.91. The molecule has 1 amide bonds. The number of anilines is 1. The molecule has 0 fully saturated rings. The Balaban J connectivity index is 2.02. The maximum absolute atomic E-state index is 12.4. The van der Waals surface area contributed by atoms with Gasteiger partial charge in [0.2, 0.25) is 5.91 Å². The van der Waals surface area contributed by atoms with Crippen molar-refractivity contribution in [2.45, 2.75) is 47.0 Å². The molecule has 4 nitrogen and oxygen atoms in total. The van der Waals surface area contributed by atoms with Crippen LogP contribution >= 0.6 is 0 Å². The lowest BCUT2D eigenvalue weighted by atomic mass is 10.0. The molecular formula is C22H29NO3. The van der Waals surface area contributed by atoms with Gasteiger partial charge in [-0.1, -0.05) is 31.2 Å². The van der Waals surface area contributed by atoms with Gasteiger partial charge in [0.1, 0.15) is 0 Å². The predicted octanol–water partition coefficient (Wildman–Crippen LogP) is 4.93. The SMILES string of the molecule is CCOc1ccc(CCC(=O)Nc2c(C)cccc2CC)cc1OCC. The molecule has 0 aromatic heterocycles. The Labute approximate surface area is 156 Å². The highest BCUT2D eigenvalue weighted by molar-refractivity contribution is 5.92. The zero-order valence-corrected chi connectivity index (χ0v) is 16.2. The van der Waals surface area contributed by atoms with Crippen molar-refractivity contribution in [1.29, 1.82) is 0 Å². The molecule has 0 saturated carbocycles. The van der Waals surface area contributed by atoms with E-state index in [1.165, 1.54) is 0 Å². The van der Waals surface area contributed by atoms with E-state index >= 15 is 0 Å². The Hall–Kier alpha value is -2.49. The van der Waals surface area contributed by atoms with Crippen molar-refractivity contribution in [2.24, 2.45) is 0 Å². The molecule has 2 aromatic carbocycles. The number of aryl methyl sites for hydroxylation is 3. The van der Waals surface area contributed by atoms with Gasteiger partial charge in [-0.15, -0.1) is 0 Å². The molecule has 0 bridgehead atoms. The zero-order valence-electron chi connectivity index (χ0n) is 16.2. The number of amides is 1. The van der Waals surface area contributed by atoms with Crippen molar-refractivity contribution >= 4 is 11.6 Å². The van der Waals surface area contributed by atoms with Crippen LogP contribution in [0.5, 0.6) is 11.5 Å². The highest BCUT2D eigenvalue weighted by atomic mass is 16.5. The summed E-state index contributed by atoms with van der Waals surface area (Å²) in [7, 11) is 0. The second-order valence-corrected chi connectivity index (χ2v) is 6.16. The van der Waals surface area contributed by atoms with Gasteiger partial charge in [0, 0.05) is 12.1 Å². The molecule has 0 aliphatic heterocycles. The van der Waals surface area contributed by atoms with Crippen molar-refractivity contribution in [3.8, 4) is 11.5 Å². The van der Waals surface area contributed by atoms with E-state index in [-0.39, 0.29) is 5.91 Å². The minimum atomic E-state index is 0.0286. The zero-order chi connectivity index (χ0) is 18.9. The molecule has 0 radical (unpaired) electrons. The van der Waals surface area contributed by atoms with Crippen LogP contribution in [0.3, 0.4) is 0 Å². The van der Waals surface area contributed by atoms with Crippen LogP contribution in [0.1, 0.15) is 43.9 Å². The lowest BCUT2D eigenvalue weighted by Gasteiger charge is -2.14. The molecule has 2 aromatic rings. The summed E-state index contributed by atoms with van der Waals surface area (Å²) in [6.45, 7) is 9.19. The molecule has 2 rings (SSSR count). The highest BCUT2D eigenvalue weighted by Crippen LogP contribution is 2.29. The number of rotatable bonds is 9. The third-order valence-corrected chi connectivity index (χ3v) is 4.25. The maximum Gasteiger partial charge on any atom is 0.224 e. The Bertz CT molecular complexity index is 740. The summed E-state index contributed by atoms with van der Waals surface area (Å²) in [5.74, 6) is 1.51. The van der Waals surface area contributed by atoms with Gasteiger partial charge in [-0.3, -0.25) is 4.79 Å². The van der Waals surface area contributed by atoms with E-state index in [9.17, 15) is 4.79 Å². The van der Waals surface area contributed by atoms with Crippen LogP contribution in [-0.2, 0) is 17.6 Å². The number of para-hydroxylation sites is 1. The Kier molecular flexibility index (Phi) is 7.52. The van der Waals surface area contributed by atoms with Crippen LogP contribution in [0.2, 0.25) is 0 Å². The molecule has 0 saturated heterocycles. The number of hydrogen-bond acceptors (Lipinski definition) is 3. The molecule has 26 heavy (non-hydrogen) atoms. The largest absolute Gasteiger partial charge is 0.490 e. The van der Waals surface area contributed by atoms with E-state index < -0.39 is 0 Å². The normalized spacial score (nSPS) is 10.5. The summed E-state index contributed by atoms with van der Waals surface area (Å²) >= 11 is 0. The van der Waals surface area contributed by atoms with Crippen LogP contribution in [0, 0.1) is 6.92 Å². The summed E-state index contributed by atoms with van der Waals surface area (Å²) in [5.41, 5.74) is 4.27. The van der Waals surface area contributed by atoms with E-state index in [0.717, 1.165) is 40.3 Å². The quantitative estimate of drug-likeness (QED) is 0.694. The fraction of sp³-hybridized carbons (Fsp3) is 0.409. The third kappa shape index (κ3) is 5.25. The molecule has 0 atom stereocenters. The minimum Gasteiger partial charge on any atom is -0.490 e. The Morgan fingerprint density at radius 2 is 1.73 bits per heavy atom. The molecule has 0 unspecified atom stereocenters. The van der Waals surface area contributed by atoms with Crippen LogP contribution < -0.4 is 14.8 Å². The van der Waals surface area contributed by atoms with Crippen LogP contribution in [0.15, 0.2) is 36.4 Å². The van der Waals surface area contributed by atoms with Crippen molar-refractivity contribution in [3.05, 3.63) is 53.1 Å². The number of benzene rings is 2. The molecule has 0 aliphatic carbocycles. The molecule has 0 spiro atoms. The van der Waals surface area contributed by atoms with Crippen LogP contribution in [0.4, 0.5) is 5.69 Å². The highest BCUT2D eigenvalue weighted by Gasteiger charge is 2.11. The molecule has 0 heterocycles. The second-order valence-electron chi connectivity index (χ2n) is 6.16. The summed E-state index contributed by atoms with van der Waals surface area (Å²) in [4.78, 5) is 12.4. The molecule has 4 heteroatoms. The predicted molar refractivity (Wildman–Crippen MR) is 106 cm³/mol. The van der Waals surface area contributed by atoms with Gasteiger partial charge in [-0.2, -0.15) is 0 Å². The topological polar surface area (TPSA) is 47.6 Å². The summed E-state index contributed by atoms with van der Waals surface area (Å²) in [6, 6.07) is 12.0. The first-order valence-corrected chi connectivity index (χ1v) is 9.35. The number of carbonyl (C=O) groups excluding carboxylic acids is 1. The monoisotopic (exact) mass is 355 g/mol. The van der Waals surface area contributed by atoms with Gasteiger partial charge in [0.25, 0.3) is 0 Å². The smallest absolute Gasteiger partial charge is 0.224 e. The molecule has 140 valence electrons. The van der Waals surface area contributed by atoms with E-state index in [4.69, 9.17) is 9.47 Å². The van der Waals surface area contributed by atoms with Gasteiger partial charge in [0.05, 0.1) is 13.2 Å². The lowest BCUT2D eigenvalue weighted by Crippen LogP contribution is -2.14. The van der Waals surface area contributed by atoms with E-state index in [2.05, 4.69) is 18.3 Å². The van der Waals surface area contributed by atoms with E-state index in [0.29, 0.717) is 26.1 Å². The van der Waals surface area contributed by atoms with Crippen molar-refractivity contribution in [1.82, 2.24) is 0 Å². The average Bonchev–Trinajstić information content (AvgIpc) is 2.64. The van der Waals surface area contributed by atoms with Gasteiger partial charge in [-0.05, 0) is 62.4 Å². The van der Waals surface area contributed by atoms with Crippen LogP contribution in [0.25, 0.3) is 0 Å². The van der Waals surface area contributed by atoms with Crippen LogP contribution in [-0.4, -0.2) is 19.1 Å². The van der Waals surface area contributed by atoms with Gasteiger partial charge < -0.3 is 14.8 Å². The summed E-state index contributed by atoms with van der Waals surface area (Å²) in [6.07, 6.45) is 1.98. The summed E-state index contributed by atoms with van der Waals surface area (Å²) < 4.78 is 11.2. The first-order chi connectivity index (χ1) is 12.6. The number of ether oxygens (including phenoxy) is 2. The van der Waals surface area contributed by atoms with E-state index in [1.54, 1.807) is 0 Å². The Morgan fingerprint density at radius 3 is 2.42 bits per heavy atom. The fourth-order valence-electron chi connectivity index (χ4n) is 2.91. The number of carbonyl (C=O) groups is 1. The Morgan fingerprint density at radius 1 is 1.00 bits per heavy atom. The first-order valence-electron chi connectivity index (χ1n) is 9.35. The second kappa shape index (κ2) is 9.85. The van der Waals surface area contributed by atoms with Gasteiger partial charge >= 0.3 is 0 Å². The molecule has 1 N–H and O–H groups in total.